The van der Waals surface area contributed by atoms with Crippen molar-refractivity contribution in [2.75, 3.05) is 0 Å². The lowest BCUT2D eigenvalue weighted by Crippen LogP contribution is -2.63. The van der Waals surface area contributed by atoms with Crippen LogP contribution in [0.2, 0.25) is 0 Å². The lowest BCUT2D eigenvalue weighted by molar-refractivity contribution is -0.140. The number of amides is 2. The van der Waals surface area contributed by atoms with E-state index in [0.717, 1.165) is 32.1 Å². The van der Waals surface area contributed by atoms with Crippen LogP contribution in [0.3, 0.4) is 0 Å². The highest BCUT2D eigenvalue weighted by molar-refractivity contribution is 5.78. The molecule has 0 saturated heterocycles. The molecule has 2 amide bonds. The largest absolute Gasteiger partial charge is 0.369 e. The van der Waals surface area contributed by atoms with Gasteiger partial charge >= 0.3 is 0 Å². The predicted molar refractivity (Wildman–Crippen MR) is 62.8 cm³/mol. The molecular weight excluding hydrogens is 216 g/mol. The number of nitrogens with two attached hydrogens (primary N) is 1. The van der Waals surface area contributed by atoms with Crippen molar-refractivity contribution in [1.82, 2.24) is 5.32 Å². The molecule has 0 aliphatic heterocycles. The molecule has 4 aliphatic carbocycles. The van der Waals surface area contributed by atoms with E-state index in [9.17, 15) is 9.59 Å². The van der Waals surface area contributed by atoms with Crippen molar-refractivity contribution in [3.8, 4) is 0 Å². The minimum absolute atomic E-state index is 0.0196. The Bertz CT molecular complexity index is 364. The summed E-state index contributed by atoms with van der Waals surface area (Å²) in [5.74, 6) is 1.50. The van der Waals surface area contributed by atoms with Gasteiger partial charge in [0.05, 0.1) is 0 Å². The van der Waals surface area contributed by atoms with E-state index in [-0.39, 0.29) is 23.3 Å². The predicted octanol–water partition coefficient (Wildman–Crippen LogP) is 0.803. The Morgan fingerprint density at radius 1 is 1.18 bits per heavy atom. The zero-order valence-electron chi connectivity index (χ0n) is 10.2. The second kappa shape index (κ2) is 3.47. The lowest BCUT2D eigenvalue weighted by Gasteiger charge is -2.59. The highest BCUT2D eigenvalue weighted by atomic mass is 16.2. The monoisotopic (exact) mass is 236 g/mol. The number of rotatable bonds is 2. The molecule has 0 radical (unpaired) electrons. The smallest absolute Gasteiger partial charge is 0.221 e. The number of carbonyl (C=O) groups is 2. The SMILES string of the molecule is CC(=O)NC12CC3C[C@H](C1)C(C(N)=O)[C@@H](C3)C2. The van der Waals surface area contributed by atoms with Crippen LogP contribution in [0.15, 0.2) is 0 Å². The van der Waals surface area contributed by atoms with Gasteiger partial charge in [-0.05, 0) is 49.9 Å². The second-order valence-electron chi connectivity index (χ2n) is 6.36. The van der Waals surface area contributed by atoms with Gasteiger partial charge in [-0.3, -0.25) is 9.59 Å². The molecular formula is C13H20N2O2. The molecule has 0 aromatic heterocycles. The summed E-state index contributed by atoms with van der Waals surface area (Å²) < 4.78 is 0. The lowest BCUT2D eigenvalue weighted by atomic mass is 9.49. The summed E-state index contributed by atoms with van der Waals surface area (Å²) in [4.78, 5) is 22.9. The maximum absolute atomic E-state index is 11.6. The molecule has 4 fully saturated rings. The van der Waals surface area contributed by atoms with Crippen LogP contribution in [0.4, 0.5) is 0 Å². The number of hydrogen-bond donors (Lipinski definition) is 2. The van der Waals surface area contributed by atoms with E-state index in [1.807, 2.05) is 0 Å². The molecule has 0 aromatic rings. The van der Waals surface area contributed by atoms with E-state index >= 15 is 0 Å². The summed E-state index contributed by atoms with van der Waals surface area (Å²) in [6.45, 7) is 1.59. The molecule has 0 aromatic carbocycles. The van der Waals surface area contributed by atoms with E-state index in [0.29, 0.717) is 17.8 Å². The van der Waals surface area contributed by atoms with Crippen LogP contribution in [0, 0.1) is 23.7 Å². The molecule has 4 bridgehead atoms. The van der Waals surface area contributed by atoms with Gasteiger partial charge < -0.3 is 11.1 Å². The van der Waals surface area contributed by atoms with Crippen molar-refractivity contribution in [3.05, 3.63) is 0 Å². The number of nitrogens with one attached hydrogen (secondary N) is 1. The zero-order chi connectivity index (χ0) is 12.2. The van der Waals surface area contributed by atoms with E-state index in [4.69, 9.17) is 5.73 Å². The minimum atomic E-state index is -0.128. The van der Waals surface area contributed by atoms with Crippen LogP contribution in [-0.2, 0) is 9.59 Å². The first-order valence-corrected chi connectivity index (χ1v) is 6.57. The van der Waals surface area contributed by atoms with Crippen LogP contribution in [0.25, 0.3) is 0 Å². The molecule has 4 rings (SSSR count). The Kier molecular flexibility index (Phi) is 2.25. The standard InChI is InChI=1S/C13H20N2O2/c1-7(16)15-13-4-8-2-9(5-13)11(12(14)17)10(3-8)6-13/h8-11H,2-6H2,1H3,(H2,14,17)(H,15,16)/t8?,9-,10+,11?,13?. The normalized spacial score (nSPS) is 46.9. The van der Waals surface area contributed by atoms with Crippen LogP contribution in [0.5, 0.6) is 0 Å². The molecule has 5 atom stereocenters. The summed E-state index contributed by atoms with van der Waals surface area (Å²) in [5.41, 5.74) is 5.52. The van der Waals surface area contributed by atoms with Gasteiger partial charge in [-0.2, -0.15) is 0 Å². The van der Waals surface area contributed by atoms with Gasteiger partial charge in [0.25, 0.3) is 0 Å². The molecule has 3 N–H and O–H groups in total. The average Bonchev–Trinajstić information content (AvgIpc) is 2.11. The fraction of sp³-hybridized carbons (Fsp3) is 0.846. The molecule has 17 heavy (non-hydrogen) atoms. The number of hydrogen-bond acceptors (Lipinski definition) is 2. The third kappa shape index (κ3) is 1.65. The van der Waals surface area contributed by atoms with E-state index in [1.165, 1.54) is 0 Å². The highest BCUT2D eigenvalue weighted by Gasteiger charge is 2.57. The minimum Gasteiger partial charge on any atom is -0.369 e. The first-order chi connectivity index (χ1) is 7.99. The highest BCUT2D eigenvalue weighted by Crippen LogP contribution is 2.58. The van der Waals surface area contributed by atoms with E-state index < -0.39 is 0 Å². The van der Waals surface area contributed by atoms with Crippen LogP contribution < -0.4 is 11.1 Å². The first-order valence-electron chi connectivity index (χ1n) is 6.57. The molecule has 0 heterocycles. The number of carbonyl (C=O) groups excluding carboxylic acids is 2. The van der Waals surface area contributed by atoms with Crippen LogP contribution >= 0.6 is 0 Å². The first kappa shape index (κ1) is 11.1. The Balaban J connectivity index is 1.86. The summed E-state index contributed by atoms with van der Waals surface area (Å²) in [7, 11) is 0. The van der Waals surface area contributed by atoms with Gasteiger partial charge in [0.2, 0.25) is 11.8 Å². The van der Waals surface area contributed by atoms with Crippen molar-refractivity contribution >= 4 is 11.8 Å². The molecule has 4 heteroatoms. The average molecular weight is 236 g/mol. The van der Waals surface area contributed by atoms with Crippen molar-refractivity contribution in [3.63, 3.8) is 0 Å². The Labute approximate surface area is 101 Å². The Morgan fingerprint density at radius 2 is 1.76 bits per heavy atom. The maximum Gasteiger partial charge on any atom is 0.221 e. The van der Waals surface area contributed by atoms with Crippen molar-refractivity contribution in [2.24, 2.45) is 29.4 Å². The van der Waals surface area contributed by atoms with Crippen molar-refractivity contribution in [1.29, 1.82) is 0 Å². The number of primary amides is 1. The third-order valence-corrected chi connectivity index (χ3v) is 5.04. The van der Waals surface area contributed by atoms with Crippen LogP contribution in [0.1, 0.15) is 39.0 Å². The van der Waals surface area contributed by atoms with Gasteiger partial charge in [0, 0.05) is 18.4 Å². The maximum atomic E-state index is 11.6. The Hall–Kier alpha value is -1.06. The zero-order valence-corrected chi connectivity index (χ0v) is 10.2. The van der Waals surface area contributed by atoms with Gasteiger partial charge in [-0.1, -0.05) is 0 Å². The van der Waals surface area contributed by atoms with E-state index in [1.54, 1.807) is 6.92 Å². The summed E-state index contributed by atoms with van der Waals surface area (Å²) >= 11 is 0. The fourth-order valence-electron chi connectivity index (χ4n) is 5.02. The molecule has 4 aliphatic rings. The summed E-state index contributed by atoms with van der Waals surface area (Å²) in [6.07, 6.45) is 5.27. The van der Waals surface area contributed by atoms with Crippen molar-refractivity contribution < 1.29 is 9.59 Å². The van der Waals surface area contributed by atoms with Gasteiger partial charge in [0.1, 0.15) is 0 Å². The molecule has 94 valence electrons. The molecule has 4 nitrogen and oxygen atoms in total. The van der Waals surface area contributed by atoms with Gasteiger partial charge in [-0.15, -0.1) is 0 Å². The topological polar surface area (TPSA) is 72.2 Å². The van der Waals surface area contributed by atoms with Crippen molar-refractivity contribution in [2.45, 2.75) is 44.6 Å². The van der Waals surface area contributed by atoms with Gasteiger partial charge in [-0.25, -0.2) is 0 Å². The third-order valence-electron chi connectivity index (χ3n) is 5.04. The summed E-state index contributed by atoms with van der Waals surface area (Å²) in [5, 5.41) is 3.16. The van der Waals surface area contributed by atoms with E-state index in [2.05, 4.69) is 5.32 Å². The summed E-state index contributed by atoms with van der Waals surface area (Å²) in [6, 6.07) is 0. The second-order valence-corrected chi connectivity index (χ2v) is 6.36. The van der Waals surface area contributed by atoms with Gasteiger partial charge in [0.15, 0.2) is 0 Å². The fourth-order valence-corrected chi connectivity index (χ4v) is 5.02. The Morgan fingerprint density at radius 3 is 2.24 bits per heavy atom. The quantitative estimate of drug-likeness (QED) is 0.744. The molecule has 4 saturated carbocycles. The van der Waals surface area contributed by atoms with Crippen LogP contribution in [-0.4, -0.2) is 17.4 Å². The molecule has 3 unspecified atom stereocenters. The molecule has 0 spiro atoms.